The van der Waals surface area contributed by atoms with E-state index >= 15 is 0 Å². The van der Waals surface area contributed by atoms with Crippen molar-refractivity contribution in [2.24, 2.45) is 5.92 Å². The molecule has 1 aromatic heterocycles. The van der Waals surface area contributed by atoms with E-state index < -0.39 is 0 Å². The molecule has 0 aromatic carbocycles. The summed E-state index contributed by atoms with van der Waals surface area (Å²) in [6, 6.07) is 0. The van der Waals surface area contributed by atoms with E-state index in [0.29, 0.717) is 11.1 Å². The Bertz CT molecular complexity index is 362. The van der Waals surface area contributed by atoms with E-state index in [2.05, 4.69) is 43.0 Å². The zero-order valence-electron chi connectivity index (χ0n) is 10.6. The molecule has 0 atom stereocenters. The molecule has 0 spiro atoms. The Morgan fingerprint density at radius 1 is 1.19 bits per heavy atom. The summed E-state index contributed by atoms with van der Waals surface area (Å²) >= 11 is 6.09. The summed E-state index contributed by atoms with van der Waals surface area (Å²) in [4.78, 5) is 8.77. The van der Waals surface area contributed by atoms with Gasteiger partial charge < -0.3 is 5.32 Å². The second-order valence-corrected chi connectivity index (χ2v) is 5.13. The molecule has 0 fully saturated rings. The van der Waals surface area contributed by atoms with Crippen molar-refractivity contribution in [2.75, 3.05) is 11.9 Å². The molecule has 16 heavy (non-hydrogen) atoms. The zero-order chi connectivity index (χ0) is 12.3. The number of nitrogens with zero attached hydrogens (tertiary/aromatic N) is 2. The fourth-order valence-corrected chi connectivity index (χ4v) is 1.41. The van der Waals surface area contributed by atoms with Crippen LogP contribution in [0.3, 0.4) is 0 Å². The minimum absolute atomic E-state index is 0.290. The molecule has 0 amide bonds. The average molecular weight is 242 g/mol. The van der Waals surface area contributed by atoms with Gasteiger partial charge in [-0.05, 0) is 12.8 Å². The van der Waals surface area contributed by atoms with Gasteiger partial charge in [0.25, 0.3) is 0 Å². The van der Waals surface area contributed by atoms with Gasteiger partial charge in [0.05, 0.1) is 0 Å². The molecule has 1 heterocycles. The highest BCUT2D eigenvalue weighted by Gasteiger charge is 2.11. The van der Waals surface area contributed by atoms with Gasteiger partial charge in [-0.15, -0.1) is 0 Å². The molecule has 4 heteroatoms. The third kappa shape index (κ3) is 3.34. The second kappa shape index (κ2) is 5.48. The van der Waals surface area contributed by atoms with E-state index in [1.807, 2.05) is 6.92 Å². The Hall–Kier alpha value is -0.830. The summed E-state index contributed by atoms with van der Waals surface area (Å²) in [5, 5.41) is 3.86. The molecule has 1 rings (SSSR count). The van der Waals surface area contributed by atoms with E-state index in [1.54, 1.807) is 0 Å². The first kappa shape index (κ1) is 13.2. The lowest BCUT2D eigenvalue weighted by molar-refractivity contribution is 0.683. The number of rotatable bonds is 4. The molecule has 0 bridgehead atoms. The molecule has 0 saturated heterocycles. The molecule has 0 aliphatic carbocycles. The standard InChI is InChI=1S/C12H20ClN3/c1-7(2)6-14-12-9(5)10(13)15-11(16-12)8(3)4/h7-8H,6H2,1-5H3,(H,14,15,16). The fourth-order valence-electron chi connectivity index (χ4n) is 1.24. The van der Waals surface area contributed by atoms with E-state index in [0.717, 1.165) is 23.8 Å². The van der Waals surface area contributed by atoms with Crippen molar-refractivity contribution in [1.29, 1.82) is 0 Å². The Balaban J connectivity index is 2.97. The highest BCUT2D eigenvalue weighted by molar-refractivity contribution is 6.30. The van der Waals surface area contributed by atoms with E-state index in [4.69, 9.17) is 11.6 Å². The summed E-state index contributed by atoms with van der Waals surface area (Å²) < 4.78 is 0. The summed E-state index contributed by atoms with van der Waals surface area (Å²) in [6.07, 6.45) is 0. The minimum Gasteiger partial charge on any atom is -0.369 e. The van der Waals surface area contributed by atoms with Crippen molar-refractivity contribution in [1.82, 2.24) is 9.97 Å². The quantitative estimate of drug-likeness (QED) is 0.818. The third-order valence-electron chi connectivity index (χ3n) is 2.30. The van der Waals surface area contributed by atoms with Crippen LogP contribution in [0, 0.1) is 12.8 Å². The maximum absolute atomic E-state index is 6.09. The summed E-state index contributed by atoms with van der Waals surface area (Å²) in [5.74, 6) is 2.52. The van der Waals surface area contributed by atoms with Gasteiger partial charge in [-0.1, -0.05) is 39.3 Å². The number of anilines is 1. The molecule has 0 unspecified atom stereocenters. The number of hydrogen-bond donors (Lipinski definition) is 1. The van der Waals surface area contributed by atoms with Crippen LogP contribution in [-0.4, -0.2) is 16.5 Å². The molecular weight excluding hydrogens is 222 g/mol. The molecule has 0 aliphatic heterocycles. The van der Waals surface area contributed by atoms with E-state index in [1.165, 1.54) is 0 Å². The van der Waals surface area contributed by atoms with Crippen LogP contribution in [-0.2, 0) is 0 Å². The largest absolute Gasteiger partial charge is 0.369 e. The van der Waals surface area contributed by atoms with Gasteiger partial charge in [-0.3, -0.25) is 0 Å². The van der Waals surface area contributed by atoms with Gasteiger partial charge in [0.2, 0.25) is 0 Å². The third-order valence-corrected chi connectivity index (χ3v) is 2.67. The summed E-state index contributed by atoms with van der Waals surface area (Å²) in [6.45, 7) is 11.3. The molecule has 1 aromatic rings. The van der Waals surface area contributed by atoms with Crippen LogP contribution < -0.4 is 5.32 Å². The Morgan fingerprint density at radius 2 is 1.81 bits per heavy atom. The van der Waals surface area contributed by atoms with Crippen LogP contribution in [0.25, 0.3) is 0 Å². The second-order valence-electron chi connectivity index (χ2n) is 4.78. The smallest absolute Gasteiger partial charge is 0.137 e. The maximum atomic E-state index is 6.09. The van der Waals surface area contributed by atoms with Gasteiger partial charge >= 0.3 is 0 Å². The highest BCUT2D eigenvalue weighted by Crippen LogP contribution is 2.22. The number of nitrogens with one attached hydrogen (secondary N) is 1. The lowest BCUT2D eigenvalue weighted by Crippen LogP contribution is -2.12. The summed E-state index contributed by atoms with van der Waals surface area (Å²) in [5.41, 5.74) is 0.923. The Labute approximate surface area is 103 Å². The van der Waals surface area contributed by atoms with Crippen molar-refractivity contribution < 1.29 is 0 Å². The van der Waals surface area contributed by atoms with E-state index in [9.17, 15) is 0 Å². The number of halogens is 1. The summed E-state index contributed by atoms with van der Waals surface area (Å²) in [7, 11) is 0. The molecule has 0 saturated carbocycles. The highest BCUT2D eigenvalue weighted by atomic mass is 35.5. The van der Waals surface area contributed by atoms with Gasteiger partial charge in [-0.2, -0.15) is 0 Å². The lowest BCUT2D eigenvalue weighted by atomic mass is 10.2. The molecular formula is C12H20ClN3. The predicted octanol–water partition coefficient (Wildman–Crippen LogP) is 3.63. The fraction of sp³-hybridized carbons (Fsp3) is 0.667. The van der Waals surface area contributed by atoms with Crippen LogP contribution in [0.5, 0.6) is 0 Å². The van der Waals surface area contributed by atoms with Crippen molar-refractivity contribution in [3.63, 3.8) is 0 Å². The Morgan fingerprint density at radius 3 is 2.31 bits per heavy atom. The van der Waals surface area contributed by atoms with Crippen LogP contribution in [0.4, 0.5) is 5.82 Å². The van der Waals surface area contributed by atoms with Gasteiger partial charge in [0.15, 0.2) is 0 Å². The normalized spacial score (nSPS) is 11.2. The van der Waals surface area contributed by atoms with Crippen molar-refractivity contribution in [2.45, 2.75) is 40.5 Å². The first-order valence-corrected chi connectivity index (χ1v) is 6.07. The van der Waals surface area contributed by atoms with Crippen LogP contribution in [0.2, 0.25) is 5.15 Å². The van der Waals surface area contributed by atoms with Gasteiger partial charge in [0.1, 0.15) is 16.8 Å². The van der Waals surface area contributed by atoms with Crippen molar-refractivity contribution in [3.05, 3.63) is 16.5 Å². The molecule has 0 radical (unpaired) electrons. The van der Waals surface area contributed by atoms with Crippen LogP contribution >= 0.6 is 11.6 Å². The average Bonchev–Trinajstić information content (AvgIpc) is 2.19. The first-order valence-electron chi connectivity index (χ1n) is 5.69. The molecule has 90 valence electrons. The predicted molar refractivity (Wildman–Crippen MR) is 69.2 cm³/mol. The SMILES string of the molecule is Cc1c(Cl)nc(C(C)C)nc1NCC(C)C. The zero-order valence-corrected chi connectivity index (χ0v) is 11.4. The van der Waals surface area contributed by atoms with E-state index in [-0.39, 0.29) is 5.92 Å². The van der Waals surface area contributed by atoms with Gasteiger partial charge in [-0.25, -0.2) is 9.97 Å². The van der Waals surface area contributed by atoms with Crippen molar-refractivity contribution >= 4 is 17.4 Å². The first-order chi connectivity index (χ1) is 7.41. The Kier molecular flexibility index (Phi) is 4.54. The number of aromatic nitrogens is 2. The molecule has 1 N–H and O–H groups in total. The molecule has 3 nitrogen and oxygen atoms in total. The topological polar surface area (TPSA) is 37.8 Å². The van der Waals surface area contributed by atoms with Crippen molar-refractivity contribution in [3.8, 4) is 0 Å². The maximum Gasteiger partial charge on any atom is 0.137 e. The lowest BCUT2D eigenvalue weighted by Gasteiger charge is -2.14. The van der Waals surface area contributed by atoms with Gasteiger partial charge in [0, 0.05) is 18.0 Å². The number of hydrogen-bond acceptors (Lipinski definition) is 3. The monoisotopic (exact) mass is 241 g/mol. The minimum atomic E-state index is 0.290. The van der Waals surface area contributed by atoms with Crippen LogP contribution in [0.1, 0.15) is 45.0 Å². The molecule has 0 aliphatic rings. The van der Waals surface area contributed by atoms with Crippen LogP contribution in [0.15, 0.2) is 0 Å².